The van der Waals surface area contributed by atoms with E-state index < -0.39 is 15.0 Å². The van der Waals surface area contributed by atoms with E-state index in [9.17, 15) is 18.1 Å². The molecule has 1 N–H and O–H groups in total. The van der Waals surface area contributed by atoms with Crippen molar-refractivity contribution in [1.82, 2.24) is 4.98 Å². The van der Waals surface area contributed by atoms with Crippen LogP contribution in [0.15, 0.2) is 35.4 Å². The lowest BCUT2D eigenvalue weighted by atomic mass is 10.1. The molecule has 0 spiro atoms. The maximum Gasteiger partial charge on any atom is 0.178 e. The molecular weight excluding hydrogens is 298 g/mol. The lowest BCUT2D eigenvalue weighted by molar-refractivity contribution is 0.344. The van der Waals surface area contributed by atoms with E-state index in [-0.39, 0.29) is 28.5 Å². The second-order valence-electron chi connectivity index (χ2n) is 4.04. The number of nitrogens with zero attached hydrogens (tertiary/aromatic N) is 1. The minimum atomic E-state index is -4.79. The molecule has 0 amide bonds. The fourth-order valence-corrected chi connectivity index (χ4v) is 2.55. The standard InChI is InChI=1S/C13H13NO6S/c1-19-10-6-8(12-9(15)4-3-5-14-12)7-11(13(10)20-2)21(16,17)18/h3-7,15H,1-2H3,(H,16,17,18)/p-1. The summed E-state index contributed by atoms with van der Waals surface area (Å²) in [6.45, 7) is 0. The number of methoxy groups -OCH3 is 2. The normalized spacial score (nSPS) is 11.2. The molecule has 0 bridgehead atoms. The van der Waals surface area contributed by atoms with Gasteiger partial charge in [-0.05, 0) is 24.3 Å². The molecule has 1 aromatic heterocycles. The number of hydrogen-bond acceptors (Lipinski definition) is 7. The first-order valence-electron chi connectivity index (χ1n) is 5.74. The van der Waals surface area contributed by atoms with Crippen molar-refractivity contribution in [2.75, 3.05) is 14.2 Å². The van der Waals surface area contributed by atoms with Gasteiger partial charge in [0.2, 0.25) is 0 Å². The number of ether oxygens (including phenoxy) is 2. The molecule has 0 aliphatic rings. The molecule has 2 rings (SSSR count). The number of pyridine rings is 1. The Morgan fingerprint density at radius 3 is 2.48 bits per heavy atom. The third-order valence-corrected chi connectivity index (χ3v) is 3.62. The van der Waals surface area contributed by atoms with E-state index in [1.165, 1.54) is 38.6 Å². The van der Waals surface area contributed by atoms with E-state index in [0.717, 1.165) is 6.07 Å². The van der Waals surface area contributed by atoms with Crippen molar-refractivity contribution in [3.63, 3.8) is 0 Å². The lowest BCUT2D eigenvalue weighted by Gasteiger charge is -2.17. The van der Waals surface area contributed by atoms with E-state index in [1.54, 1.807) is 0 Å². The second-order valence-corrected chi connectivity index (χ2v) is 5.38. The molecule has 21 heavy (non-hydrogen) atoms. The van der Waals surface area contributed by atoms with Gasteiger partial charge in [0.05, 0.1) is 14.2 Å². The Hall–Kier alpha value is -2.32. The topological polar surface area (TPSA) is 109 Å². The Bertz CT molecular complexity index is 772. The van der Waals surface area contributed by atoms with E-state index in [0.29, 0.717) is 0 Å². The van der Waals surface area contributed by atoms with Gasteiger partial charge in [-0.1, -0.05) is 0 Å². The van der Waals surface area contributed by atoms with Crippen LogP contribution >= 0.6 is 0 Å². The molecule has 2 aromatic rings. The number of aromatic nitrogens is 1. The second kappa shape index (κ2) is 5.58. The molecule has 0 atom stereocenters. The molecule has 0 saturated carbocycles. The zero-order valence-electron chi connectivity index (χ0n) is 11.2. The van der Waals surface area contributed by atoms with Crippen LogP contribution in [0.5, 0.6) is 17.2 Å². The van der Waals surface area contributed by atoms with Gasteiger partial charge >= 0.3 is 0 Å². The fraction of sp³-hybridized carbons (Fsp3) is 0.154. The summed E-state index contributed by atoms with van der Waals surface area (Å²) in [6, 6.07) is 5.43. The molecule has 8 heteroatoms. The molecule has 112 valence electrons. The predicted molar refractivity (Wildman–Crippen MR) is 72.4 cm³/mol. The lowest BCUT2D eigenvalue weighted by Crippen LogP contribution is -2.04. The largest absolute Gasteiger partial charge is 0.744 e. The highest BCUT2D eigenvalue weighted by molar-refractivity contribution is 7.85. The van der Waals surface area contributed by atoms with Gasteiger partial charge in [0.25, 0.3) is 0 Å². The molecular formula is C13H12NO6S-. The predicted octanol–water partition coefficient (Wildman–Crippen LogP) is 1.38. The van der Waals surface area contributed by atoms with Gasteiger partial charge in [-0.2, -0.15) is 0 Å². The van der Waals surface area contributed by atoms with Crippen molar-refractivity contribution < 1.29 is 27.6 Å². The van der Waals surface area contributed by atoms with Crippen LogP contribution in [0, 0.1) is 0 Å². The maximum absolute atomic E-state index is 11.4. The average molecular weight is 310 g/mol. The zero-order valence-corrected chi connectivity index (χ0v) is 12.0. The van der Waals surface area contributed by atoms with Gasteiger partial charge in [0.15, 0.2) is 11.5 Å². The van der Waals surface area contributed by atoms with Gasteiger partial charge < -0.3 is 19.1 Å². The van der Waals surface area contributed by atoms with Crippen LogP contribution in [0.25, 0.3) is 11.3 Å². The third kappa shape index (κ3) is 2.91. The Balaban J connectivity index is 2.79. The Labute approximate surface area is 121 Å². The van der Waals surface area contributed by atoms with E-state index in [1.807, 2.05) is 0 Å². The van der Waals surface area contributed by atoms with Crippen molar-refractivity contribution in [1.29, 1.82) is 0 Å². The first-order valence-corrected chi connectivity index (χ1v) is 7.15. The van der Waals surface area contributed by atoms with Crippen LogP contribution in [0.2, 0.25) is 0 Å². The SMILES string of the molecule is COc1cc(-c2ncccc2O)cc(S(=O)(=O)[O-])c1OC. The Kier molecular flexibility index (Phi) is 4.01. The van der Waals surface area contributed by atoms with E-state index in [2.05, 4.69) is 4.98 Å². The number of benzene rings is 1. The van der Waals surface area contributed by atoms with Crippen molar-refractivity contribution in [2.45, 2.75) is 4.90 Å². The number of aromatic hydroxyl groups is 1. The van der Waals surface area contributed by atoms with Gasteiger partial charge in [0, 0.05) is 11.8 Å². The fourth-order valence-electron chi connectivity index (χ4n) is 1.87. The van der Waals surface area contributed by atoms with Crippen molar-refractivity contribution in [3.05, 3.63) is 30.5 Å². The highest BCUT2D eigenvalue weighted by Crippen LogP contribution is 2.39. The highest BCUT2D eigenvalue weighted by Gasteiger charge is 2.19. The van der Waals surface area contributed by atoms with Gasteiger partial charge in [0.1, 0.15) is 26.5 Å². The van der Waals surface area contributed by atoms with E-state index >= 15 is 0 Å². The van der Waals surface area contributed by atoms with Crippen LogP contribution in [-0.2, 0) is 10.1 Å². The maximum atomic E-state index is 11.4. The molecule has 0 radical (unpaired) electrons. The van der Waals surface area contributed by atoms with Crippen LogP contribution in [0.1, 0.15) is 0 Å². The average Bonchev–Trinajstić information content (AvgIpc) is 2.45. The van der Waals surface area contributed by atoms with Gasteiger partial charge in [-0.15, -0.1) is 0 Å². The molecule has 0 unspecified atom stereocenters. The summed E-state index contributed by atoms with van der Waals surface area (Å²) in [7, 11) is -2.25. The Morgan fingerprint density at radius 1 is 1.24 bits per heavy atom. The number of rotatable bonds is 4. The van der Waals surface area contributed by atoms with Gasteiger partial charge in [-0.25, -0.2) is 8.42 Å². The summed E-state index contributed by atoms with van der Waals surface area (Å²) in [6.07, 6.45) is 1.43. The van der Waals surface area contributed by atoms with Crippen molar-refractivity contribution in [3.8, 4) is 28.5 Å². The molecule has 0 saturated heterocycles. The summed E-state index contributed by atoms with van der Waals surface area (Å²) in [4.78, 5) is 3.38. The van der Waals surface area contributed by atoms with Crippen LogP contribution in [-0.4, -0.2) is 37.3 Å². The van der Waals surface area contributed by atoms with Gasteiger partial charge in [-0.3, -0.25) is 4.98 Å². The van der Waals surface area contributed by atoms with E-state index in [4.69, 9.17) is 9.47 Å². The first-order chi connectivity index (χ1) is 9.88. The van der Waals surface area contributed by atoms with Crippen molar-refractivity contribution in [2.24, 2.45) is 0 Å². The quantitative estimate of drug-likeness (QED) is 0.849. The zero-order chi connectivity index (χ0) is 15.6. The molecule has 0 fully saturated rings. The summed E-state index contributed by atoms with van der Waals surface area (Å²) < 4.78 is 44.1. The molecule has 1 heterocycles. The number of hydrogen-bond donors (Lipinski definition) is 1. The molecule has 7 nitrogen and oxygen atoms in total. The molecule has 0 aliphatic heterocycles. The van der Waals surface area contributed by atoms with Crippen LogP contribution < -0.4 is 9.47 Å². The van der Waals surface area contributed by atoms with Crippen LogP contribution in [0.4, 0.5) is 0 Å². The molecule has 1 aromatic carbocycles. The summed E-state index contributed by atoms with van der Waals surface area (Å²) in [5.41, 5.74) is 0.350. The highest BCUT2D eigenvalue weighted by atomic mass is 32.2. The van der Waals surface area contributed by atoms with Crippen LogP contribution in [0.3, 0.4) is 0 Å². The summed E-state index contributed by atoms with van der Waals surface area (Å²) >= 11 is 0. The Morgan fingerprint density at radius 2 is 1.95 bits per heavy atom. The molecule has 0 aliphatic carbocycles. The summed E-state index contributed by atoms with van der Waals surface area (Å²) in [5, 5.41) is 9.79. The first kappa shape index (κ1) is 15.1. The smallest absolute Gasteiger partial charge is 0.178 e. The summed E-state index contributed by atoms with van der Waals surface area (Å²) in [5.74, 6) is -0.292. The minimum absolute atomic E-state index is 0.0504. The minimum Gasteiger partial charge on any atom is -0.744 e. The monoisotopic (exact) mass is 310 g/mol. The van der Waals surface area contributed by atoms with Crippen molar-refractivity contribution >= 4 is 10.1 Å². The third-order valence-electron chi connectivity index (χ3n) is 2.77.